The van der Waals surface area contributed by atoms with Gasteiger partial charge in [-0.05, 0) is 24.1 Å². The van der Waals surface area contributed by atoms with Crippen LogP contribution in [-0.2, 0) is 9.84 Å². The van der Waals surface area contributed by atoms with Gasteiger partial charge in [0.05, 0.1) is 10.6 Å². The summed E-state index contributed by atoms with van der Waals surface area (Å²) in [4.78, 5) is 4.05. The molecule has 0 aliphatic heterocycles. The van der Waals surface area contributed by atoms with Gasteiger partial charge in [-0.3, -0.25) is 4.98 Å². The highest BCUT2D eigenvalue weighted by Crippen LogP contribution is 2.20. The number of rotatable bonds is 4. The quantitative estimate of drug-likeness (QED) is 0.828. The summed E-state index contributed by atoms with van der Waals surface area (Å²) in [6, 6.07) is 3.16. The van der Waals surface area contributed by atoms with Crippen LogP contribution in [0.3, 0.4) is 0 Å². The molecule has 1 aromatic heterocycles. The summed E-state index contributed by atoms with van der Waals surface area (Å²) in [6.07, 6.45) is 2.91. The minimum absolute atomic E-state index is 0.0438. The maximum atomic E-state index is 11.9. The van der Waals surface area contributed by atoms with Gasteiger partial charge < -0.3 is 5.73 Å². The second kappa shape index (κ2) is 4.28. The van der Waals surface area contributed by atoms with E-state index in [-0.39, 0.29) is 10.6 Å². The van der Waals surface area contributed by atoms with Crippen molar-refractivity contribution in [3.63, 3.8) is 0 Å². The molecule has 1 rings (SSSR count). The predicted octanol–water partition coefficient (Wildman–Crippen LogP) is 0.840. The first-order valence-electron chi connectivity index (χ1n) is 4.70. The van der Waals surface area contributed by atoms with Gasteiger partial charge in [0, 0.05) is 12.4 Å². The number of aromatic nitrogens is 1. The van der Waals surface area contributed by atoms with E-state index >= 15 is 0 Å². The fraction of sp³-hybridized carbons (Fsp3) is 0.500. The number of pyridine rings is 1. The van der Waals surface area contributed by atoms with E-state index < -0.39 is 15.3 Å². The van der Waals surface area contributed by atoms with Crippen molar-refractivity contribution >= 4 is 9.84 Å². The maximum Gasteiger partial charge on any atom is 0.180 e. The van der Waals surface area contributed by atoms with Crippen molar-refractivity contribution in [2.24, 2.45) is 11.1 Å². The molecule has 2 N–H and O–H groups in total. The van der Waals surface area contributed by atoms with Crippen LogP contribution < -0.4 is 5.73 Å². The third-order valence-corrected chi connectivity index (χ3v) is 4.25. The SMILES string of the molecule is CC(C)(CN)CS(=O)(=O)c1cccnc1. The fourth-order valence-corrected chi connectivity index (χ4v) is 3.01. The van der Waals surface area contributed by atoms with Crippen LogP contribution in [0.25, 0.3) is 0 Å². The van der Waals surface area contributed by atoms with Crippen LogP contribution in [0.2, 0.25) is 0 Å². The van der Waals surface area contributed by atoms with E-state index in [0.717, 1.165) is 0 Å². The molecule has 15 heavy (non-hydrogen) atoms. The van der Waals surface area contributed by atoms with E-state index in [9.17, 15) is 8.42 Å². The Morgan fingerprint density at radius 1 is 1.47 bits per heavy atom. The molecular formula is C10H16N2O2S. The molecule has 0 aromatic carbocycles. The molecular weight excluding hydrogens is 212 g/mol. The molecule has 84 valence electrons. The molecule has 0 spiro atoms. The average molecular weight is 228 g/mol. The van der Waals surface area contributed by atoms with Gasteiger partial charge in [0.1, 0.15) is 0 Å². The van der Waals surface area contributed by atoms with Crippen LogP contribution in [0, 0.1) is 5.41 Å². The van der Waals surface area contributed by atoms with Crippen molar-refractivity contribution in [2.45, 2.75) is 18.7 Å². The Kier molecular flexibility index (Phi) is 3.46. The van der Waals surface area contributed by atoms with Crippen LogP contribution in [0.1, 0.15) is 13.8 Å². The van der Waals surface area contributed by atoms with Gasteiger partial charge in [0.2, 0.25) is 0 Å². The van der Waals surface area contributed by atoms with Gasteiger partial charge in [-0.15, -0.1) is 0 Å². The zero-order valence-electron chi connectivity index (χ0n) is 8.97. The zero-order valence-corrected chi connectivity index (χ0v) is 9.79. The average Bonchev–Trinajstić information content (AvgIpc) is 2.18. The zero-order chi connectivity index (χ0) is 11.5. The molecule has 0 fully saturated rings. The van der Waals surface area contributed by atoms with Crippen molar-refractivity contribution in [3.8, 4) is 0 Å². The minimum Gasteiger partial charge on any atom is -0.330 e. The lowest BCUT2D eigenvalue weighted by Gasteiger charge is -2.21. The number of nitrogens with two attached hydrogens (primary N) is 1. The Balaban J connectivity index is 2.96. The second-order valence-corrected chi connectivity index (χ2v) is 6.31. The second-order valence-electron chi connectivity index (χ2n) is 4.32. The van der Waals surface area contributed by atoms with Gasteiger partial charge >= 0.3 is 0 Å². The number of nitrogens with zero attached hydrogens (tertiary/aromatic N) is 1. The highest BCUT2D eigenvalue weighted by Gasteiger charge is 2.26. The molecule has 0 saturated heterocycles. The van der Waals surface area contributed by atoms with E-state index in [4.69, 9.17) is 5.73 Å². The largest absolute Gasteiger partial charge is 0.330 e. The Bertz CT molecular complexity index is 412. The summed E-state index contributed by atoms with van der Waals surface area (Å²) in [5.74, 6) is 0.0438. The van der Waals surface area contributed by atoms with Crippen molar-refractivity contribution < 1.29 is 8.42 Å². The molecule has 0 amide bonds. The first-order chi connectivity index (χ1) is 6.87. The van der Waals surface area contributed by atoms with Gasteiger partial charge in [0.15, 0.2) is 9.84 Å². The summed E-state index contributed by atoms with van der Waals surface area (Å²) in [5, 5.41) is 0. The van der Waals surface area contributed by atoms with Crippen molar-refractivity contribution in [1.29, 1.82) is 0 Å². The van der Waals surface area contributed by atoms with E-state index in [1.165, 1.54) is 6.20 Å². The summed E-state index contributed by atoms with van der Waals surface area (Å²) >= 11 is 0. The predicted molar refractivity (Wildman–Crippen MR) is 59.1 cm³/mol. The van der Waals surface area contributed by atoms with Gasteiger partial charge in [-0.25, -0.2) is 8.42 Å². The lowest BCUT2D eigenvalue weighted by Crippen LogP contribution is -2.31. The van der Waals surface area contributed by atoms with Gasteiger partial charge in [0.25, 0.3) is 0 Å². The molecule has 0 bridgehead atoms. The van der Waals surface area contributed by atoms with Crippen LogP contribution in [0.15, 0.2) is 29.4 Å². The van der Waals surface area contributed by atoms with E-state index in [1.807, 2.05) is 13.8 Å². The summed E-state index contributed by atoms with van der Waals surface area (Å²) in [7, 11) is -3.27. The monoisotopic (exact) mass is 228 g/mol. The third kappa shape index (κ3) is 3.28. The van der Waals surface area contributed by atoms with Crippen LogP contribution in [0.5, 0.6) is 0 Å². The molecule has 0 unspecified atom stereocenters. The number of sulfone groups is 1. The van der Waals surface area contributed by atoms with E-state index in [1.54, 1.807) is 18.3 Å². The topological polar surface area (TPSA) is 73.1 Å². The van der Waals surface area contributed by atoms with Crippen LogP contribution in [0.4, 0.5) is 0 Å². The van der Waals surface area contributed by atoms with Crippen LogP contribution >= 0.6 is 0 Å². The summed E-state index contributed by atoms with van der Waals surface area (Å²) in [6.45, 7) is 4.01. The first-order valence-corrected chi connectivity index (χ1v) is 6.35. The number of hydrogen-bond donors (Lipinski definition) is 1. The third-order valence-electron chi connectivity index (χ3n) is 2.13. The molecule has 5 heteroatoms. The molecule has 0 atom stereocenters. The Labute approximate surface area is 90.4 Å². The lowest BCUT2D eigenvalue weighted by molar-refractivity contribution is 0.425. The molecule has 4 nitrogen and oxygen atoms in total. The van der Waals surface area contributed by atoms with E-state index in [2.05, 4.69) is 4.98 Å². The van der Waals surface area contributed by atoms with Gasteiger partial charge in [-0.2, -0.15) is 0 Å². The molecule has 1 heterocycles. The Morgan fingerprint density at radius 3 is 2.60 bits per heavy atom. The molecule has 0 aliphatic rings. The van der Waals surface area contributed by atoms with Crippen molar-refractivity contribution in [1.82, 2.24) is 4.98 Å². The van der Waals surface area contributed by atoms with Gasteiger partial charge in [-0.1, -0.05) is 13.8 Å². The summed E-state index contributed by atoms with van der Waals surface area (Å²) < 4.78 is 23.8. The maximum absolute atomic E-state index is 11.9. The Hall–Kier alpha value is -0.940. The highest BCUT2D eigenvalue weighted by molar-refractivity contribution is 7.91. The normalized spacial score (nSPS) is 12.7. The molecule has 0 saturated carbocycles. The standard InChI is InChI=1S/C10H16N2O2S/c1-10(2,7-11)8-15(13,14)9-4-3-5-12-6-9/h3-6H,7-8,11H2,1-2H3. The number of hydrogen-bond acceptors (Lipinski definition) is 4. The Morgan fingerprint density at radius 2 is 2.13 bits per heavy atom. The minimum atomic E-state index is -3.27. The smallest absolute Gasteiger partial charge is 0.180 e. The molecule has 0 aliphatic carbocycles. The highest BCUT2D eigenvalue weighted by atomic mass is 32.2. The first kappa shape index (κ1) is 12.1. The van der Waals surface area contributed by atoms with Crippen molar-refractivity contribution in [2.75, 3.05) is 12.3 Å². The van der Waals surface area contributed by atoms with Crippen molar-refractivity contribution in [3.05, 3.63) is 24.5 Å². The molecule has 1 aromatic rings. The van der Waals surface area contributed by atoms with E-state index in [0.29, 0.717) is 6.54 Å². The fourth-order valence-electron chi connectivity index (χ4n) is 1.19. The summed E-state index contributed by atoms with van der Waals surface area (Å²) in [5.41, 5.74) is 5.10. The lowest BCUT2D eigenvalue weighted by atomic mass is 9.97. The molecule has 0 radical (unpaired) electrons. The van der Waals surface area contributed by atoms with Crippen LogP contribution in [-0.4, -0.2) is 25.7 Å².